The molecule has 3 aromatic rings. The third-order valence-electron chi connectivity index (χ3n) is 6.80. The minimum absolute atomic E-state index is 0.145. The van der Waals surface area contributed by atoms with Gasteiger partial charge in [-0.25, -0.2) is 0 Å². The zero-order valence-electron chi connectivity index (χ0n) is 19.9. The number of fused-ring (bicyclic) bond motifs is 1. The van der Waals surface area contributed by atoms with Crippen LogP contribution in [0.1, 0.15) is 35.3 Å². The number of alkyl halides is 1. The lowest BCUT2D eigenvalue weighted by atomic mass is 9.85. The van der Waals surface area contributed by atoms with Crippen LogP contribution in [-0.2, 0) is 0 Å². The number of nitriles is 1. The van der Waals surface area contributed by atoms with Crippen LogP contribution in [0.4, 0.5) is 4.39 Å². The van der Waals surface area contributed by atoms with Crippen molar-refractivity contribution in [3.05, 3.63) is 87.9 Å². The molecule has 0 bridgehead atoms. The number of benzene rings is 3. The largest absolute Gasteiger partial charge is 0.508 e. The number of likely N-dealkylation sites (tertiary alicyclic amines) is 1. The zero-order valence-corrected chi connectivity index (χ0v) is 20.6. The van der Waals surface area contributed by atoms with E-state index in [2.05, 4.69) is 11.0 Å². The molecule has 1 saturated heterocycles. The Morgan fingerprint density at radius 1 is 1.14 bits per heavy atom. The zero-order chi connectivity index (χ0) is 25.2. The molecule has 1 fully saturated rings. The Morgan fingerprint density at radius 3 is 2.64 bits per heavy atom. The number of rotatable bonds is 7. The van der Waals surface area contributed by atoms with Crippen LogP contribution in [0.15, 0.2) is 60.7 Å². The number of allylic oxidation sites excluding steroid dienone is 1. The van der Waals surface area contributed by atoms with Crippen LogP contribution >= 0.6 is 11.6 Å². The fourth-order valence-corrected chi connectivity index (χ4v) is 5.10. The predicted octanol–water partition coefficient (Wildman–Crippen LogP) is 6.26. The first kappa shape index (κ1) is 24.2. The Morgan fingerprint density at radius 2 is 1.92 bits per heavy atom. The van der Waals surface area contributed by atoms with E-state index in [1.54, 1.807) is 30.3 Å². The molecule has 7 heteroatoms. The third kappa shape index (κ3) is 4.65. The normalized spacial score (nSPS) is 17.7. The van der Waals surface area contributed by atoms with Gasteiger partial charge in [-0.05, 0) is 54.5 Å². The second-order valence-electron chi connectivity index (χ2n) is 9.19. The third-order valence-corrected chi connectivity index (χ3v) is 7.20. The summed E-state index contributed by atoms with van der Waals surface area (Å²) in [5.41, 5.74) is 4.54. The van der Waals surface area contributed by atoms with Crippen molar-refractivity contribution in [3.8, 4) is 23.3 Å². The quantitative estimate of drug-likeness (QED) is 0.411. The molecule has 184 valence electrons. The van der Waals surface area contributed by atoms with Gasteiger partial charge in [0.25, 0.3) is 0 Å². The van der Waals surface area contributed by atoms with Gasteiger partial charge in [0.15, 0.2) is 0 Å². The SMILES string of the molecule is CC1=C(c2cccc(C#N)c2Cl)[C@@H](c2ccc(OCCN3CC(CF)C3)cc2)Oc2ccc(O)cc21. The van der Waals surface area contributed by atoms with Crippen molar-refractivity contribution in [2.24, 2.45) is 5.92 Å². The molecular formula is C29H26ClFN2O3. The van der Waals surface area contributed by atoms with Gasteiger partial charge in [0, 0.05) is 42.3 Å². The van der Waals surface area contributed by atoms with E-state index in [-0.39, 0.29) is 18.3 Å². The maximum absolute atomic E-state index is 12.6. The van der Waals surface area contributed by atoms with E-state index >= 15 is 0 Å². The van der Waals surface area contributed by atoms with E-state index in [0.29, 0.717) is 28.5 Å². The monoisotopic (exact) mass is 504 g/mol. The molecular weight excluding hydrogens is 479 g/mol. The predicted molar refractivity (Wildman–Crippen MR) is 138 cm³/mol. The maximum Gasteiger partial charge on any atom is 0.150 e. The minimum atomic E-state index is -0.471. The Balaban J connectivity index is 1.43. The Bertz CT molecular complexity index is 1340. The molecule has 5 rings (SSSR count). The number of nitrogens with zero attached hydrogens (tertiary/aromatic N) is 2. The minimum Gasteiger partial charge on any atom is -0.508 e. The lowest BCUT2D eigenvalue weighted by Crippen LogP contribution is -2.49. The summed E-state index contributed by atoms with van der Waals surface area (Å²) in [7, 11) is 0. The molecule has 3 aromatic carbocycles. The topological polar surface area (TPSA) is 65.7 Å². The van der Waals surface area contributed by atoms with Gasteiger partial charge in [0.2, 0.25) is 0 Å². The highest BCUT2D eigenvalue weighted by atomic mass is 35.5. The van der Waals surface area contributed by atoms with Gasteiger partial charge in [-0.3, -0.25) is 9.29 Å². The highest BCUT2D eigenvalue weighted by molar-refractivity contribution is 6.34. The van der Waals surface area contributed by atoms with Crippen molar-refractivity contribution in [3.63, 3.8) is 0 Å². The second-order valence-corrected chi connectivity index (χ2v) is 9.57. The van der Waals surface area contributed by atoms with Gasteiger partial charge in [-0.1, -0.05) is 35.9 Å². The lowest BCUT2D eigenvalue weighted by molar-refractivity contribution is 0.0668. The summed E-state index contributed by atoms with van der Waals surface area (Å²) in [4.78, 5) is 2.18. The Labute approximate surface area is 215 Å². The van der Waals surface area contributed by atoms with E-state index in [4.69, 9.17) is 21.1 Å². The molecule has 36 heavy (non-hydrogen) atoms. The average molecular weight is 505 g/mol. The number of aromatic hydroxyl groups is 1. The van der Waals surface area contributed by atoms with Gasteiger partial charge in [0.05, 0.1) is 17.3 Å². The summed E-state index contributed by atoms with van der Waals surface area (Å²) in [5, 5.41) is 20.0. The molecule has 1 atom stereocenters. The van der Waals surface area contributed by atoms with Crippen molar-refractivity contribution < 1.29 is 19.0 Å². The first-order valence-corrected chi connectivity index (χ1v) is 12.3. The molecule has 2 aliphatic heterocycles. The summed E-state index contributed by atoms with van der Waals surface area (Å²) in [5.74, 6) is 1.72. The van der Waals surface area contributed by atoms with Crippen LogP contribution in [0.25, 0.3) is 11.1 Å². The molecule has 0 spiro atoms. The molecule has 0 radical (unpaired) electrons. The summed E-state index contributed by atoms with van der Waals surface area (Å²) in [6.07, 6.45) is -0.471. The molecule has 0 aliphatic carbocycles. The molecule has 5 nitrogen and oxygen atoms in total. The fourth-order valence-electron chi connectivity index (χ4n) is 4.83. The van der Waals surface area contributed by atoms with Gasteiger partial charge in [-0.15, -0.1) is 0 Å². The number of phenolic OH excluding ortho intramolecular Hbond substituents is 1. The first-order chi connectivity index (χ1) is 17.5. The number of hydrogen-bond acceptors (Lipinski definition) is 5. The summed E-state index contributed by atoms with van der Waals surface area (Å²) < 4.78 is 25.0. The molecule has 1 N–H and O–H groups in total. The van der Waals surface area contributed by atoms with Crippen LogP contribution < -0.4 is 9.47 Å². The van der Waals surface area contributed by atoms with E-state index < -0.39 is 6.10 Å². The summed E-state index contributed by atoms with van der Waals surface area (Å²) in [6, 6.07) is 20.3. The van der Waals surface area contributed by atoms with Crippen molar-refractivity contribution in [1.82, 2.24) is 4.90 Å². The average Bonchev–Trinajstić information content (AvgIpc) is 2.86. The highest BCUT2D eigenvalue weighted by Crippen LogP contribution is 2.49. The number of hydrogen-bond donors (Lipinski definition) is 1. The van der Waals surface area contributed by atoms with Gasteiger partial charge in [-0.2, -0.15) is 5.26 Å². The van der Waals surface area contributed by atoms with Crippen molar-refractivity contribution in [2.45, 2.75) is 13.0 Å². The molecule has 0 amide bonds. The van der Waals surface area contributed by atoms with Crippen molar-refractivity contribution >= 4 is 22.7 Å². The second kappa shape index (κ2) is 10.2. The first-order valence-electron chi connectivity index (χ1n) is 11.9. The molecule has 0 saturated carbocycles. The Hall–Kier alpha value is -3.53. The molecule has 0 aromatic heterocycles. The van der Waals surface area contributed by atoms with E-state index in [9.17, 15) is 14.8 Å². The van der Waals surface area contributed by atoms with Crippen LogP contribution in [0.2, 0.25) is 5.02 Å². The highest BCUT2D eigenvalue weighted by Gasteiger charge is 2.31. The Kier molecular flexibility index (Phi) is 6.86. The van der Waals surface area contributed by atoms with Gasteiger partial charge < -0.3 is 14.6 Å². The maximum atomic E-state index is 12.6. The lowest BCUT2D eigenvalue weighted by Gasteiger charge is -2.37. The summed E-state index contributed by atoms with van der Waals surface area (Å²) >= 11 is 6.66. The van der Waals surface area contributed by atoms with Crippen LogP contribution in [0.3, 0.4) is 0 Å². The number of phenols is 1. The fraction of sp³-hybridized carbons (Fsp3) is 0.276. The van der Waals surface area contributed by atoms with E-state index in [1.165, 1.54) is 0 Å². The van der Waals surface area contributed by atoms with Crippen LogP contribution in [-0.4, -0.2) is 42.9 Å². The van der Waals surface area contributed by atoms with Crippen LogP contribution in [0, 0.1) is 17.2 Å². The van der Waals surface area contributed by atoms with E-state index in [1.807, 2.05) is 37.3 Å². The van der Waals surface area contributed by atoms with Gasteiger partial charge in [0.1, 0.15) is 36.0 Å². The molecule has 2 aliphatic rings. The standard InChI is InChI=1S/C29H26ClFN2O3/c1-18-25-13-22(34)7-10-26(25)36-29(27(18)24-4-2-3-21(15-32)28(24)30)20-5-8-23(9-6-20)35-12-11-33-16-19(14-31)17-33/h2-10,13,19,29,34H,11-12,14,16-17H2,1H3/t29-/m1/s1. The van der Waals surface area contributed by atoms with Crippen molar-refractivity contribution in [1.29, 1.82) is 5.26 Å². The number of halogens is 2. The van der Waals surface area contributed by atoms with Crippen molar-refractivity contribution in [2.75, 3.05) is 32.9 Å². The smallest absolute Gasteiger partial charge is 0.150 e. The molecule has 2 heterocycles. The van der Waals surface area contributed by atoms with Gasteiger partial charge >= 0.3 is 0 Å². The van der Waals surface area contributed by atoms with E-state index in [0.717, 1.165) is 47.7 Å². The number of ether oxygens (including phenoxy) is 2. The van der Waals surface area contributed by atoms with Crippen LogP contribution in [0.5, 0.6) is 17.2 Å². The molecule has 0 unspecified atom stereocenters. The summed E-state index contributed by atoms with van der Waals surface area (Å²) in [6.45, 7) is 4.61.